The third-order valence-electron chi connectivity index (χ3n) is 2.30. The predicted molar refractivity (Wildman–Crippen MR) is 74.4 cm³/mol. The first-order valence-electron chi connectivity index (χ1n) is 5.65. The molecule has 0 aromatic carbocycles. The van der Waals surface area contributed by atoms with Crippen molar-refractivity contribution in [3.05, 3.63) is 33.7 Å². The second-order valence-electron chi connectivity index (χ2n) is 3.91. The van der Waals surface area contributed by atoms with E-state index in [1.54, 1.807) is 7.11 Å². The van der Waals surface area contributed by atoms with Gasteiger partial charge in [0.15, 0.2) is 0 Å². The molecular weight excluding hydrogens is 282 g/mol. The number of nitrogens with two attached hydrogens (primary N) is 1. The zero-order valence-corrected chi connectivity index (χ0v) is 11.5. The number of carbonyl (C=O) groups is 1. The zero-order valence-electron chi connectivity index (χ0n) is 10.7. The van der Waals surface area contributed by atoms with E-state index >= 15 is 0 Å². The molecule has 0 aliphatic carbocycles. The van der Waals surface area contributed by atoms with Gasteiger partial charge in [-0.2, -0.15) is 0 Å². The molecule has 0 bridgehead atoms. The minimum atomic E-state index is -0.377. The molecule has 2 rings (SSSR count). The van der Waals surface area contributed by atoms with Crippen LogP contribution in [0.25, 0.3) is 0 Å². The topological polar surface area (TPSA) is 112 Å². The molecule has 0 aliphatic rings. The first-order valence-corrected chi connectivity index (χ1v) is 6.47. The highest BCUT2D eigenvalue weighted by Crippen LogP contribution is 2.15. The molecule has 0 unspecified atom stereocenters. The Balaban J connectivity index is 2.01. The van der Waals surface area contributed by atoms with Gasteiger partial charge in [0.1, 0.15) is 18.2 Å². The van der Waals surface area contributed by atoms with Crippen molar-refractivity contribution in [2.75, 3.05) is 18.2 Å². The molecule has 0 fully saturated rings. The van der Waals surface area contributed by atoms with Crippen molar-refractivity contribution in [3.8, 4) is 0 Å². The number of amides is 1. The molecular formula is C11H13N5O3S. The van der Waals surface area contributed by atoms with Gasteiger partial charge in [0, 0.05) is 25.1 Å². The maximum absolute atomic E-state index is 11.8. The summed E-state index contributed by atoms with van der Waals surface area (Å²) in [6.07, 6.45) is 1.42. The molecule has 0 atom stereocenters. The molecule has 0 spiro atoms. The molecule has 0 radical (unpaired) electrons. The Labute approximate surface area is 118 Å². The second-order valence-corrected chi connectivity index (χ2v) is 4.97. The van der Waals surface area contributed by atoms with Gasteiger partial charge in [-0.25, -0.2) is 0 Å². The highest BCUT2D eigenvalue weighted by molar-refractivity contribution is 7.15. The van der Waals surface area contributed by atoms with Crippen molar-refractivity contribution in [2.45, 2.75) is 13.2 Å². The number of rotatable bonds is 5. The van der Waals surface area contributed by atoms with Gasteiger partial charge >= 0.3 is 0 Å². The largest absolute Gasteiger partial charge is 0.398 e. The summed E-state index contributed by atoms with van der Waals surface area (Å²) in [5.41, 5.74) is 5.68. The maximum Gasteiger partial charge on any atom is 0.251 e. The first kappa shape index (κ1) is 14.2. The van der Waals surface area contributed by atoms with Crippen LogP contribution in [0.2, 0.25) is 0 Å². The van der Waals surface area contributed by atoms with Gasteiger partial charge in [-0.15, -0.1) is 10.2 Å². The lowest BCUT2D eigenvalue weighted by Gasteiger charge is -2.05. The van der Waals surface area contributed by atoms with Crippen LogP contribution in [0.4, 0.5) is 10.8 Å². The Morgan fingerprint density at radius 2 is 2.30 bits per heavy atom. The number of methoxy groups -OCH3 is 1. The van der Waals surface area contributed by atoms with Crippen molar-refractivity contribution >= 4 is 28.1 Å². The third-order valence-corrected chi connectivity index (χ3v) is 3.11. The fraction of sp³-hybridized carbons (Fsp3) is 0.273. The van der Waals surface area contributed by atoms with Crippen molar-refractivity contribution < 1.29 is 9.53 Å². The minimum absolute atomic E-state index is 0.136. The van der Waals surface area contributed by atoms with E-state index in [0.717, 1.165) is 0 Å². The fourth-order valence-electron chi connectivity index (χ4n) is 1.47. The van der Waals surface area contributed by atoms with Gasteiger partial charge in [0.05, 0.1) is 0 Å². The fourth-order valence-corrected chi connectivity index (χ4v) is 2.20. The van der Waals surface area contributed by atoms with E-state index in [1.807, 2.05) is 0 Å². The maximum atomic E-state index is 11.8. The van der Waals surface area contributed by atoms with Crippen LogP contribution in [0.3, 0.4) is 0 Å². The van der Waals surface area contributed by atoms with Crippen LogP contribution in [-0.2, 0) is 22.7 Å². The molecule has 9 heteroatoms. The van der Waals surface area contributed by atoms with Crippen LogP contribution in [0.5, 0.6) is 0 Å². The molecule has 3 N–H and O–H groups in total. The smallest absolute Gasteiger partial charge is 0.251 e. The van der Waals surface area contributed by atoms with E-state index in [9.17, 15) is 9.59 Å². The SMILES string of the molecule is COCc1nnc(NC(=O)Cn2cc(N)ccc2=O)s1. The highest BCUT2D eigenvalue weighted by Gasteiger charge is 2.09. The van der Waals surface area contributed by atoms with E-state index in [4.69, 9.17) is 10.5 Å². The van der Waals surface area contributed by atoms with E-state index in [1.165, 1.54) is 34.2 Å². The molecule has 20 heavy (non-hydrogen) atoms. The molecule has 106 valence electrons. The number of hydrogen-bond donors (Lipinski definition) is 2. The lowest BCUT2D eigenvalue weighted by molar-refractivity contribution is -0.116. The number of carbonyl (C=O) groups excluding carboxylic acids is 1. The van der Waals surface area contributed by atoms with Crippen LogP contribution >= 0.6 is 11.3 Å². The Bertz CT molecular complexity index is 666. The number of nitrogens with one attached hydrogen (secondary N) is 1. The number of hydrogen-bond acceptors (Lipinski definition) is 7. The van der Waals surface area contributed by atoms with Gasteiger partial charge in [-0.05, 0) is 6.07 Å². The first-order chi connectivity index (χ1) is 9.58. The summed E-state index contributed by atoms with van der Waals surface area (Å²) in [6, 6.07) is 2.79. The Morgan fingerprint density at radius 3 is 3.05 bits per heavy atom. The van der Waals surface area contributed by atoms with Crippen LogP contribution < -0.4 is 16.6 Å². The minimum Gasteiger partial charge on any atom is -0.398 e. The normalized spacial score (nSPS) is 10.4. The Hall–Kier alpha value is -2.26. The number of nitrogen functional groups attached to an aromatic ring is 1. The van der Waals surface area contributed by atoms with Crippen LogP contribution in [0, 0.1) is 0 Å². The predicted octanol–water partition coefficient (Wildman–Crippen LogP) is 0.0671. The van der Waals surface area contributed by atoms with Gasteiger partial charge in [-0.3, -0.25) is 14.9 Å². The molecule has 0 saturated heterocycles. The number of aromatic nitrogens is 3. The molecule has 0 saturated carbocycles. The summed E-state index contributed by atoms with van der Waals surface area (Å²) >= 11 is 1.21. The highest BCUT2D eigenvalue weighted by atomic mass is 32.1. The molecule has 2 aromatic rings. The van der Waals surface area contributed by atoms with Gasteiger partial charge in [0.2, 0.25) is 11.0 Å². The van der Waals surface area contributed by atoms with E-state index in [2.05, 4.69) is 15.5 Å². The zero-order chi connectivity index (χ0) is 14.5. The number of nitrogens with zero attached hydrogens (tertiary/aromatic N) is 3. The Morgan fingerprint density at radius 1 is 1.50 bits per heavy atom. The quantitative estimate of drug-likeness (QED) is 0.807. The summed E-state index contributed by atoms with van der Waals surface area (Å²) in [4.78, 5) is 23.3. The third kappa shape index (κ3) is 3.62. The van der Waals surface area contributed by atoms with Gasteiger partial charge in [-0.1, -0.05) is 11.3 Å². The number of pyridine rings is 1. The molecule has 2 aromatic heterocycles. The van der Waals surface area contributed by atoms with E-state index in [0.29, 0.717) is 22.4 Å². The molecule has 1 amide bonds. The van der Waals surface area contributed by atoms with Gasteiger partial charge in [0.25, 0.3) is 5.56 Å². The number of anilines is 2. The summed E-state index contributed by atoms with van der Waals surface area (Å²) in [5, 5.41) is 11.2. The average molecular weight is 295 g/mol. The van der Waals surface area contributed by atoms with Crippen LogP contribution in [0.1, 0.15) is 5.01 Å². The van der Waals surface area contributed by atoms with Crippen molar-refractivity contribution in [3.63, 3.8) is 0 Å². The molecule has 0 aliphatic heterocycles. The van der Waals surface area contributed by atoms with Crippen LogP contribution in [-0.4, -0.2) is 27.8 Å². The van der Waals surface area contributed by atoms with Crippen molar-refractivity contribution in [1.29, 1.82) is 0 Å². The summed E-state index contributed by atoms with van der Waals surface area (Å²) in [5.74, 6) is -0.377. The lowest BCUT2D eigenvalue weighted by Crippen LogP contribution is -2.26. The molecule has 2 heterocycles. The standard InChI is InChI=1S/C11H13N5O3S/c1-19-6-9-14-15-11(20-9)13-8(17)5-16-4-7(12)2-3-10(16)18/h2-4H,5-6,12H2,1H3,(H,13,15,17). The van der Waals surface area contributed by atoms with Gasteiger partial charge < -0.3 is 15.0 Å². The second kappa shape index (κ2) is 6.26. The summed E-state index contributed by atoms with van der Waals surface area (Å²) < 4.78 is 6.13. The van der Waals surface area contributed by atoms with E-state index < -0.39 is 0 Å². The van der Waals surface area contributed by atoms with Crippen molar-refractivity contribution in [2.24, 2.45) is 0 Å². The van der Waals surface area contributed by atoms with Crippen LogP contribution in [0.15, 0.2) is 23.1 Å². The average Bonchev–Trinajstić information content (AvgIpc) is 2.81. The van der Waals surface area contributed by atoms with Crippen molar-refractivity contribution in [1.82, 2.24) is 14.8 Å². The Kier molecular flexibility index (Phi) is 4.43. The van der Waals surface area contributed by atoms with E-state index in [-0.39, 0.29) is 18.0 Å². The summed E-state index contributed by atoms with van der Waals surface area (Å²) in [6.45, 7) is 0.200. The molecule has 8 nitrogen and oxygen atoms in total. The monoisotopic (exact) mass is 295 g/mol. The number of ether oxygens (including phenoxy) is 1. The lowest BCUT2D eigenvalue weighted by atomic mass is 10.4. The summed E-state index contributed by atoms with van der Waals surface area (Å²) in [7, 11) is 1.55.